The van der Waals surface area contributed by atoms with Gasteiger partial charge in [0, 0.05) is 25.5 Å². The van der Waals surface area contributed by atoms with E-state index in [0.717, 1.165) is 0 Å². The number of halogens is 1. The van der Waals surface area contributed by atoms with Crippen molar-refractivity contribution >= 4 is 10.4 Å². The van der Waals surface area contributed by atoms with Crippen LogP contribution in [-0.2, 0) is 10.4 Å². The van der Waals surface area contributed by atoms with Crippen molar-refractivity contribution in [2.24, 2.45) is 0 Å². The Morgan fingerprint density at radius 3 is 2.36 bits per heavy atom. The lowest BCUT2D eigenvalue weighted by molar-refractivity contribution is 0.373. The predicted molar refractivity (Wildman–Crippen MR) is 50.4 cm³/mol. The summed E-state index contributed by atoms with van der Waals surface area (Å²) in [6.45, 7) is 1.60. The first-order chi connectivity index (χ1) is 6.43. The Hall–Kier alpha value is -1.01. The van der Waals surface area contributed by atoms with E-state index in [2.05, 4.69) is 4.98 Å². The van der Waals surface area contributed by atoms with E-state index in [-0.39, 0.29) is 0 Å². The van der Waals surface area contributed by atoms with E-state index in [1.165, 1.54) is 19.4 Å². The molecule has 0 spiro atoms. The molecule has 1 unspecified atom stereocenters. The molecule has 0 amide bonds. The maximum atomic E-state index is 12.6. The van der Waals surface area contributed by atoms with Crippen molar-refractivity contribution in [1.82, 2.24) is 9.29 Å². The van der Waals surface area contributed by atoms with Gasteiger partial charge in [0.2, 0.25) is 0 Å². The molecule has 0 aliphatic rings. The smallest absolute Gasteiger partial charge is 0.265 e. The lowest BCUT2D eigenvalue weighted by Crippen LogP contribution is -2.26. The summed E-state index contributed by atoms with van der Waals surface area (Å²) in [5.41, 5.74) is 0.698. The Balaban J connectivity index is 2.92. The average molecular weight is 218 g/mol. The first kappa shape index (κ1) is 11.1. The lowest BCUT2D eigenvalue weighted by atomic mass is 10.1. The summed E-state index contributed by atoms with van der Waals surface area (Å²) in [6, 6.07) is 2.76. The molecule has 0 fully saturated rings. The molecule has 14 heavy (non-hydrogen) atoms. The van der Waals surface area contributed by atoms with E-state index in [1.807, 2.05) is 0 Å². The second-order valence-corrected chi connectivity index (χ2v) is 4.31. The minimum atomic E-state index is -4.64. The van der Waals surface area contributed by atoms with Crippen molar-refractivity contribution in [3.05, 3.63) is 30.1 Å². The highest BCUT2D eigenvalue weighted by molar-refractivity contribution is 7.83. The molecular weight excluding hydrogens is 207 g/mol. The van der Waals surface area contributed by atoms with E-state index in [0.29, 0.717) is 9.87 Å². The zero-order valence-corrected chi connectivity index (χ0v) is 8.70. The molecule has 0 saturated carbocycles. The van der Waals surface area contributed by atoms with Gasteiger partial charge in [0.25, 0.3) is 0 Å². The number of hydrogen-bond acceptors (Lipinski definition) is 3. The van der Waals surface area contributed by atoms with Crippen LogP contribution in [0.2, 0.25) is 0 Å². The fourth-order valence-electron chi connectivity index (χ4n) is 1.04. The SMILES string of the molecule is CC(c1ccncc1)N(C)S(=O)(=O)F. The molecule has 1 atom stereocenters. The quantitative estimate of drug-likeness (QED) is 0.718. The molecule has 1 rings (SSSR count). The van der Waals surface area contributed by atoms with E-state index in [4.69, 9.17) is 0 Å². The van der Waals surface area contributed by atoms with Gasteiger partial charge < -0.3 is 0 Å². The Kier molecular flexibility index (Phi) is 3.17. The zero-order chi connectivity index (χ0) is 10.8. The van der Waals surface area contributed by atoms with Crippen LogP contribution in [0.25, 0.3) is 0 Å². The zero-order valence-electron chi connectivity index (χ0n) is 7.88. The number of pyridine rings is 1. The van der Waals surface area contributed by atoms with Crippen LogP contribution in [0.15, 0.2) is 24.5 Å². The normalized spacial score (nSPS) is 14.3. The molecule has 0 radical (unpaired) electrons. The van der Waals surface area contributed by atoms with Gasteiger partial charge in [-0.3, -0.25) is 4.98 Å². The molecule has 78 valence electrons. The summed E-state index contributed by atoms with van der Waals surface area (Å²) >= 11 is 0. The Labute approximate surface area is 82.7 Å². The van der Waals surface area contributed by atoms with E-state index in [9.17, 15) is 12.3 Å². The molecule has 0 aromatic carbocycles. The summed E-state index contributed by atoms with van der Waals surface area (Å²) in [7, 11) is -3.44. The number of rotatable bonds is 3. The average Bonchev–Trinajstić information content (AvgIpc) is 2.15. The third-order valence-electron chi connectivity index (χ3n) is 2.08. The van der Waals surface area contributed by atoms with Crippen molar-refractivity contribution in [2.45, 2.75) is 13.0 Å². The van der Waals surface area contributed by atoms with Crippen LogP contribution in [0.5, 0.6) is 0 Å². The molecular formula is C8H11FN2O2S. The number of nitrogens with zero attached hydrogens (tertiary/aromatic N) is 2. The summed E-state index contributed by atoms with van der Waals surface area (Å²) in [6.07, 6.45) is 3.06. The first-order valence-electron chi connectivity index (χ1n) is 4.00. The Morgan fingerprint density at radius 1 is 1.43 bits per heavy atom. The summed E-state index contributed by atoms with van der Waals surface area (Å²) < 4.78 is 34.4. The van der Waals surface area contributed by atoms with Crippen molar-refractivity contribution in [1.29, 1.82) is 0 Å². The van der Waals surface area contributed by atoms with Gasteiger partial charge >= 0.3 is 10.4 Å². The van der Waals surface area contributed by atoms with Crippen LogP contribution in [0.4, 0.5) is 3.89 Å². The number of aromatic nitrogens is 1. The molecule has 0 saturated heterocycles. The molecule has 0 bridgehead atoms. The standard InChI is InChI=1S/C8H11FN2O2S/c1-7(11(2)14(9,12)13)8-3-5-10-6-4-8/h3-7H,1-2H3. The maximum absolute atomic E-state index is 12.6. The summed E-state index contributed by atoms with van der Waals surface area (Å²) in [4.78, 5) is 3.79. The van der Waals surface area contributed by atoms with Crippen LogP contribution in [-0.4, -0.2) is 24.8 Å². The predicted octanol–water partition coefficient (Wildman–Crippen LogP) is 1.29. The largest absolute Gasteiger partial charge is 0.375 e. The van der Waals surface area contributed by atoms with Crippen LogP contribution >= 0.6 is 0 Å². The molecule has 0 aliphatic heterocycles. The Bertz CT molecular complexity index is 393. The fourth-order valence-corrected chi connectivity index (χ4v) is 1.54. The van der Waals surface area contributed by atoms with Gasteiger partial charge in [0.1, 0.15) is 0 Å². The second-order valence-electron chi connectivity index (χ2n) is 2.91. The van der Waals surface area contributed by atoms with Crippen LogP contribution in [0.1, 0.15) is 18.5 Å². The number of hydrogen-bond donors (Lipinski definition) is 0. The third-order valence-corrected chi connectivity index (χ3v) is 3.08. The third kappa shape index (κ3) is 2.49. The highest BCUT2D eigenvalue weighted by Crippen LogP contribution is 2.20. The minimum Gasteiger partial charge on any atom is -0.265 e. The highest BCUT2D eigenvalue weighted by atomic mass is 32.3. The molecule has 1 aromatic rings. The molecule has 1 heterocycles. The highest BCUT2D eigenvalue weighted by Gasteiger charge is 2.23. The van der Waals surface area contributed by atoms with Gasteiger partial charge in [-0.25, -0.2) is 0 Å². The lowest BCUT2D eigenvalue weighted by Gasteiger charge is -2.19. The second kappa shape index (κ2) is 4.02. The van der Waals surface area contributed by atoms with Gasteiger partial charge in [-0.2, -0.15) is 12.7 Å². The first-order valence-corrected chi connectivity index (χ1v) is 5.34. The van der Waals surface area contributed by atoms with Crippen LogP contribution in [0.3, 0.4) is 0 Å². The molecule has 0 aliphatic carbocycles. The van der Waals surface area contributed by atoms with E-state index in [1.54, 1.807) is 19.1 Å². The maximum Gasteiger partial charge on any atom is 0.375 e. The van der Waals surface area contributed by atoms with Crippen molar-refractivity contribution in [2.75, 3.05) is 7.05 Å². The van der Waals surface area contributed by atoms with Crippen molar-refractivity contribution < 1.29 is 12.3 Å². The van der Waals surface area contributed by atoms with Gasteiger partial charge in [-0.05, 0) is 24.6 Å². The molecule has 1 aromatic heterocycles. The van der Waals surface area contributed by atoms with Crippen molar-refractivity contribution in [3.63, 3.8) is 0 Å². The fraction of sp³-hybridized carbons (Fsp3) is 0.375. The van der Waals surface area contributed by atoms with Crippen LogP contribution < -0.4 is 0 Å². The molecule has 4 nitrogen and oxygen atoms in total. The van der Waals surface area contributed by atoms with Gasteiger partial charge in [0.15, 0.2) is 0 Å². The summed E-state index contributed by atoms with van der Waals surface area (Å²) in [5.74, 6) is 0. The molecule has 6 heteroatoms. The van der Waals surface area contributed by atoms with E-state index >= 15 is 0 Å². The Morgan fingerprint density at radius 2 is 1.93 bits per heavy atom. The van der Waals surface area contributed by atoms with Gasteiger partial charge in [-0.15, -0.1) is 0 Å². The van der Waals surface area contributed by atoms with Gasteiger partial charge in [-0.1, -0.05) is 3.89 Å². The van der Waals surface area contributed by atoms with Gasteiger partial charge in [0.05, 0.1) is 0 Å². The topological polar surface area (TPSA) is 50.3 Å². The minimum absolute atomic E-state index is 0.534. The van der Waals surface area contributed by atoms with Crippen molar-refractivity contribution in [3.8, 4) is 0 Å². The van der Waals surface area contributed by atoms with E-state index < -0.39 is 16.5 Å². The molecule has 0 N–H and O–H groups in total. The summed E-state index contributed by atoms with van der Waals surface area (Å²) in [5, 5.41) is 0. The van der Waals surface area contributed by atoms with Crippen LogP contribution in [0, 0.1) is 0 Å². The monoisotopic (exact) mass is 218 g/mol.